The number of hydrogen-bond acceptors (Lipinski definition) is 4. The van der Waals surface area contributed by atoms with Gasteiger partial charge in [0.2, 0.25) is 0 Å². The van der Waals surface area contributed by atoms with E-state index in [0.29, 0.717) is 17.5 Å². The average Bonchev–Trinajstić information content (AvgIpc) is 3.91. The summed E-state index contributed by atoms with van der Waals surface area (Å²) in [5.74, 6) is 1.84. The Morgan fingerprint density at radius 3 is 1.60 bits per heavy atom. The van der Waals surface area contributed by atoms with Crippen LogP contribution in [-0.4, -0.2) is 19.5 Å². The first-order valence-electron chi connectivity index (χ1n) is 20.8. The van der Waals surface area contributed by atoms with E-state index in [1.807, 2.05) is 36.4 Å². The number of aromatic nitrogens is 4. The van der Waals surface area contributed by atoms with E-state index < -0.39 is 0 Å². The fraction of sp³-hybridized carbons (Fsp3) is 0. The van der Waals surface area contributed by atoms with Crippen LogP contribution in [0.4, 0.5) is 0 Å². The third-order valence-corrected chi connectivity index (χ3v) is 11.8. The van der Waals surface area contributed by atoms with Crippen molar-refractivity contribution in [1.82, 2.24) is 19.5 Å². The highest BCUT2D eigenvalue weighted by Gasteiger charge is 2.19. The summed E-state index contributed by atoms with van der Waals surface area (Å²) in [4.78, 5) is 15.2. The van der Waals surface area contributed by atoms with Gasteiger partial charge in [-0.05, 0) is 76.3 Å². The predicted octanol–water partition coefficient (Wildman–Crippen LogP) is 14.9. The van der Waals surface area contributed by atoms with E-state index in [-0.39, 0.29) is 0 Å². The van der Waals surface area contributed by atoms with Gasteiger partial charge in [0.15, 0.2) is 17.5 Å². The van der Waals surface area contributed by atoms with Gasteiger partial charge in [0.1, 0.15) is 11.2 Å². The summed E-state index contributed by atoms with van der Waals surface area (Å²) >= 11 is 0. The quantitative estimate of drug-likeness (QED) is 0.161. The molecule has 0 aliphatic heterocycles. The van der Waals surface area contributed by atoms with Crippen LogP contribution in [0.15, 0.2) is 223 Å². The Morgan fingerprint density at radius 2 is 0.839 bits per heavy atom. The molecular formula is C57H36N4O. The first-order chi connectivity index (χ1) is 30.7. The maximum atomic E-state index is 6.82. The summed E-state index contributed by atoms with van der Waals surface area (Å²) in [5, 5.41) is 4.60. The number of benzene rings is 9. The van der Waals surface area contributed by atoms with Gasteiger partial charge >= 0.3 is 0 Å². The van der Waals surface area contributed by atoms with Crippen molar-refractivity contribution in [1.29, 1.82) is 0 Å². The van der Waals surface area contributed by atoms with Crippen LogP contribution >= 0.6 is 0 Å². The van der Waals surface area contributed by atoms with Crippen molar-refractivity contribution in [3.05, 3.63) is 218 Å². The third kappa shape index (κ3) is 6.06. The molecule has 9 aromatic carbocycles. The zero-order valence-electron chi connectivity index (χ0n) is 33.5. The van der Waals surface area contributed by atoms with E-state index in [1.165, 1.54) is 21.8 Å². The molecule has 0 aliphatic rings. The molecule has 12 rings (SSSR count). The Kier molecular flexibility index (Phi) is 8.42. The van der Waals surface area contributed by atoms with Crippen LogP contribution in [-0.2, 0) is 0 Å². The van der Waals surface area contributed by atoms with Gasteiger partial charge in [-0.25, -0.2) is 15.0 Å². The lowest BCUT2D eigenvalue weighted by molar-refractivity contribution is 0.670. The molecule has 62 heavy (non-hydrogen) atoms. The Morgan fingerprint density at radius 1 is 0.323 bits per heavy atom. The van der Waals surface area contributed by atoms with E-state index in [0.717, 1.165) is 77.7 Å². The zero-order chi connectivity index (χ0) is 41.0. The Labute approximate surface area is 357 Å². The second-order valence-corrected chi connectivity index (χ2v) is 15.6. The number of furan rings is 1. The largest absolute Gasteiger partial charge is 0.455 e. The molecule has 0 saturated carbocycles. The summed E-state index contributed by atoms with van der Waals surface area (Å²) in [6.07, 6.45) is 0. The summed E-state index contributed by atoms with van der Waals surface area (Å²) < 4.78 is 9.18. The smallest absolute Gasteiger partial charge is 0.164 e. The average molecular weight is 793 g/mol. The van der Waals surface area contributed by atoms with Crippen molar-refractivity contribution in [2.24, 2.45) is 0 Å². The molecule has 0 bridgehead atoms. The molecule has 12 aromatic rings. The van der Waals surface area contributed by atoms with Crippen LogP contribution in [0, 0.1) is 0 Å². The first kappa shape index (κ1) is 35.5. The summed E-state index contributed by atoms with van der Waals surface area (Å²) in [6, 6.07) is 76.2. The second kappa shape index (κ2) is 14.7. The number of hydrogen-bond donors (Lipinski definition) is 0. The molecule has 0 atom stereocenters. The van der Waals surface area contributed by atoms with Crippen molar-refractivity contribution < 1.29 is 4.42 Å². The molecule has 0 fully saturated rings. The minimum absolute atomic E-state index is 0.601. The summed E-state index contributed by atoms with van der Waals surface area (Å²) in [5.41, 5.74) is 14.5. The minimum Gasteiger partial charge on any atom is -0.455 e. The molecule has 5 nitrogen and oxygen atoms in total. The van der Waals surface area contributed by atoms with Gasteiger partial charge in [-0.1, -0.05) is 170 Å². The number of para-hydroxylation sites is 3. The molecule has 3 aromatic heterocycles. The molecule has 290 valence electrons. The van der Waals surface area contributed by atoms with Gasteiger partial charge in [-0.2, -0.15) is 0 Å². The SMILES string of the molecule is c1ccc(-c2cccc(-c3nc(-c4ccccc4)nc(-c4cccc(-c5cccc6c5oc5cccc(-c7ccc8c(c7)c7ccccc7n8-c7ccccc7)c56)c4)n3)c2)cc1. The molecule has 0 radical (unpaired) electrons. The van der Waals surface area contributed by atoms with Crippen molar-refractivity contribution in [2.75, 3.05) is 0 Å². The van der Waals surface area contributed by atoms with Gasteiger partial charge < -0.3 is 8.98 Å². The lowest BCUT2D eigenvalue weighted by Gasteiger charge is -2.11. The van der Waals surface area contributed by atoms with E-state index in [4.69, 9.17) is 19.4 Å². The van der Waals surface area contributed by atoms with Gasteiger partial charge in [0, 0.05) is 49.5 Å². The summed E-state index contributed by atoms with van der Waals surface area (Å²) in [7, 11) is 0. The van der Waals surface area contributed by atoms with E-state index in [1.54, 1.807) is 0 Å². The van der Waals surface area contributed by atoms with Crippen LogP contribution in [0.2, 0.25) is 0 Å². The van der Waals surface area contributed by atoms with Gasteiger partial charge in [-0.15, -0.1) is 0 Å². The van der Waals surface area contributed by atoms with Crippen molar-refractivity contribution in [2.45, 2.75) is 0 Å². The minimum atomic E-state index is 0.601. The van der Waals surface area contributed by atoms with Gasteiger partial charge in [-0.3, -0.25) is 0 Å². The molecule has 0 saturated heterocycles. The van der Waals surface area contributed by atoms with Gasteiger partial charge in [0.25, 0.3) is 0 Å². The topological polar surface area (TPSA) is 56.7 Å². The molecule has 0 N–H and O–H groups in total. The van der Waals surface area contributed by atoms with E-state index in [9.17, 15) is 0 Å². The molecule has 0 unspecified atom stereocenters. The highest BCUT2D eigenvalue weighted by atomic mass is 16.3. The fourth-order valence-electron chi connectivity index (χ4n) is 8.96. The lowest BCUT2D eigenvalue weighted by atomic mass is 9.96. The van der Waals surface area contributed by atoms with Crippen LogP contribution in [0.1, 0.15) is 0 Å². The molecule has 0 amide bonds. The van der Waals surface area contributed by atoms with Crippen molar-refractivity contribution >= 4 is 43.7 Å². The van der Waals surface area contributed by atoms with Crippen LogP contribution in [0.5, 0.6) is 0 Å². The Hall–Kier alpha value is -8.41. The molecule has 0 spiro atoms. The molecule has 0 aliphatic carbocycles. The van der Waals surface area contributed by atoms with E-state index in [2.05, 4.69) is 187 Å². The Bertz CT molecular complexity index is 3630. The molecule has 3 heterocycles. The lowest BCUT2D eigenvalue weighted by Crippen LogP contribution is -2.00. The second-order valence-electron chi connectivity index (χ2n) is 15.6. The van der Waals surface area contributed by atoms with E-state index >= 15 is 0 Å². The molecular weight excluding hydrogens is 757 g/mol. The predicted molar refractivity (Wildman–Crippen MR) is 254 cm³/mol. The maximum Gasteiger partial charge on any atom is 0.164 e. The maximum absolute atomic E-state index is 6.82. The zero-order valence-corrected chi connectivity index (χ0v) is 33.5. The highest BCUT2D eigenvalue weighted by molar-refractivity contribution is 6.17. The highest BCUT2D eigenvalue weighted by Crippen LogP contribution is 2.43. The summed E-state index contributed by atoms with van der Waals surface area (Å²) in [6.45, 7) is 0. The van der Waals surface area contributed by atoms with Gasteiger partial charge in [0.05, 0.1) is 11.0 Å². The standard InChI is InChI=1S/C57H36N4O/c1-4-16-37(17-5-1)39-20-12-22-42(34-39)56-58-55(38-18-6-2-7-19-38)59-57(60-56)43-23-13-21-40(35-43)46-28-14-29-48-53-45(27-15-31-52(53)62-54(46)48)41-32-33-51-49(36-41)47-26-10-11-30-50(47)61(51)44-24-8-3-9-25-44/h1-36H. The number of fused-ring (bicyclic) bond motifs is 6. The Balaban J connectivity index is 0.976. The van der Waals surface area contributed by atoms with Crippen molar-refractivity contribution in [3.8, 4) is 73.2 Å². The van der Waals surface area contributed by atoms with Crippen molar-refractivity contribution in [3.63, 3.8) is 0 Å². The van der Waals surface area contributed by atoms with Crippen LogP contribution in [0.25, 0.3) is 117 Å². The number of rotatable bonds is 7. The third-order valence-electron chi connectivity index (χ3n) is 11.8. The fourth-order valence-corrected chi connectivity index (χ4v) is 8.96. The monoisotopic (exact) mass is 792 g/mol. The first-order valence-corrected chi connectivity index (χ1v) is 20.8. The normalized spacial score (nSPS) is 11.5. The van der Waals surface area contributed by atoms with Crippen LogP contribution in [0.3, 0.4) is 0 Å². The number of nitrogens with zero attached hydrogens (tertiary/aromatic N) is 4. The molecule has 5 heteroatoms. The van der Waals surface area contributed by atoms with Crippen LogP contribution < -0.4 is 0 Å².